The smallest absolute Gasteiger partial charge is 0.305 e. The Morgan fingerprint density at radius 3 is 1.47 bits per heavy atom. The van der Waals surface area contributed by atoms with Crippen molar-refractivity contribution in [1.82, 2.24) is 5.32 Å². The van der Waals surface area contributed by atoms with Crippen LogP contribution < -0.4 is 5.32 Å². The van der Waals surface area contributed by atoms with Gasteiger partial charge in [0.1, 0.15) is 24.4 Å². The lowest BCUT2D eigenvalue weighted by molar-refractivity contribution is -0.302. The molecule has 1 fully saturated rings. The highest BCUT2D eigenvalue weighted by atomic mass is 16.7. The third kappa shape index (κ3) is 41.2. The average Bonchev–Trinajstić information content (AvgIpc) is 3.39. The Labute approximate surface area is 446 Å². The summed E-state index contributed by atoms with van der Waals surface area (Å²) in [6.07, 6.45) is 56.2. The minimum Gasteiger partial charge on any atom is -0.466 e. The Bertz CT molecular complexity index is 1400. The molecule has 1 heterocycles. The van der Waals surface area contributed by atoms with Crippen molar-refractivity contribution in [1.29, 1.82) is 0 Å². The molecule has 1 aliphatic heterocycles. The van der Waals surface area contributed by atoms with Gasteiger partial charge in [0, 0.05) is 12.8 Å². The summed E-state index contributed by atoms with van der Waals surface area (Å²) in [4.78, 5) is 25.1. The topological polar surface area (TPSA) is 175 Å². The standard InChI is InChI=1S/C62H111NO10/c1-3-5-7-9-11-13-14-15-16-17-21-24-27-30-34-38-42-46-50-58(67)71-51-47-43-39-35-31-28-25-22-19-18-20-23-26-29-33-37-41-45-49-57(66)63-54(55(65)48-44-40-36-32-12-10-8-6-4-2)53-72-62-61(70)60(69)59(68)56(52-64)73-62/h12-14,16-17,20,23,32,44,48,54-56,59-62,64-65,68-70H,3-11,15,18-19,21-22,24-31,33-43,45-47,49-53H2,1-2H3,(H,63,66)/b14-13-,17-16-,23-20-,32-12+,48-44+. The lowest BCUT2D eigenvalue weighted by Gasteiger charge is -2.40. The largest absolute Gasteiger partial charge is 0.466 e. The second-order valence-corrected chi connectivity index (χ2v) is 20.7. The first kappa shape index (κ1) is 68.4. The molecule has 73 heavy (non-hydrogen) atoms. The SMILES string of the molecule is CCCCC/C=C/CC/C=C/C(O)C(COC1OC(CO)C(O)C(O)C1O)NC(=O)CCCCCCC/C=C\CCCCCCCCCCCOC(=O)CCCCCCCCC/C=C\C/C=C\CCCCCC. The molecular weight excluding hydrogens is 919 g/mol. The third-order valence-corrected chi connectivity index (χ3v) is 13.8. The third-order valence-electron chi connectivity index (χ3n) is 13.8. The number of hydrogen-bond donors (Lipinski definition) is 6. The number of carbonyl (C=O) groups is 2. The van der Waals surface area contributed by atoms with Crippen LogP contribution in [0.15, 0.2) is 60.8 Å². The van der Waals surface area contributed by atoms with Gasteiger partial charge >= 0.3 is 5.97 Å². The lowest BCUT2D eigenvalue weighted by atomic mass is 9.99. The van der Waals surface area contributed by atoms with Crippen molar-refractivity contribution < 1.29 is 49.3 Å². The van der Waals surface area contributed by atoms with Crippen molar-refractivity contribution >= 4 is 11.9 Å². The van der Waals surface area contributed by atoms with Gasteiger partial charge in [-0.15, -0.1) is 0 Å². The van der Waals surface area contributed by atoms with Gasteiger partial charge in [0.25, 0.3) is 0 Å². The van der Waals surface area contributed by atoms with Crippen LogP contribution in [0.2, 0.25) is 0 Å². The van der Waals surface area contributed by atoms with Crippen LogP contribution in [-0.4, -0.2) is 100 Å². The summed E-state index contributed by atoms with van der Waals surface area (Å²) in [6.45, 7) is 4.22. The van der Waals surface area contributed by atoms with Crippen molar-refractivity contribution in [2.45, 2.75) is 301 Å². The van der Waals surface area contributed by atoms with Crippen molar-refractivity contribution in [3.8, 4) is 0 Å². The number of nitrogens with one attached hydrogen (secondary N) is 1. The highest BCUT2D eigenvalue weighted by Gasteiger charge is 2.44. The number of ether oxygens (including phenoxy) is 3. The first-order valence-corrected chi connectivity index (χ1v) is 30.1. The molecule has 1 aliphatic rings. The molecular formula is C62H111NO10. The molecule has 0 aromatic heterocycles. The summed E-state index contributed by atoms with van der Waals surface area (Å²) in [5.41, 5.74) is 0. The average molecular weight is 1030 g/mol. The van der Waals surface area contributed by atoms with E-state index in [1.54, 1.807) is 6.08 Å². The van der Waals surface area contributed by atoms with Gasteiger partial charge in [-0.2, -0.15) is 0 Å². The zero-order chi connectivity index (χ0) is 53.1. The molecule has 1 saturated heterocycles. The van der Waals surface area contributed by atoms with Gasteiger partial charge in [-0.3, -0.25) is 9.59 Å². The van der Waals surface area contributed by atoms with E-state index < -0.39 is 49.5 Å². The normalized spacial score (nSPS) is 19.4. The molecule has 7 atom stereocenters. The van der Waals surface area contributed by atoms with Gasteiger partial charge in [-0.25, -0.2) is 0 Å². The van der Waals surface area contributed by atoms with Crippen LogP contribution in [0, 0.1) is 0 Å². The fourth-order valence-electron chi connectivity index (χ4n) is 9.00. The monoisotopic (exact) mass is 1030 g/mol. The van der Waals surface area contributed by atoms with Gasteiger partial charge in [0.2, 0.25) is 5.91 Å². The molecule has 0 aromatic rings. The highest BCUT2D eigenvalue weighted by Crippen LogP contribution is 2.23. The van der Waals surface area contributed by atoms with Crippen LogP contribution in [0.1, 0.15) is 258 Å². The van der Waals surface area contributed by atoms with Crippen molar-refractivity contribution in [3.05, 3.63) is 60.8 Å². The zero-order valence-corrected chi connectivity index (χ0v) is 46.6. The number of rotatable bonds is 51. The number of unbranched alkanes of at least 4 members (excludes halogenated alkanes) is 29. The molecule has 0 bridgehead atoms. The summed E-state index contributed by atoms with van der Waals surface area (Å²) < 4.78 is 16.7. The second-order valence-electron chi connectivity index (χ2n) is 20.7. The molecule has 11 heteroatoms. The quantitative estimate of drug-likeness (QED) is 0.0195. The molecule has 0 radical (unpaired) electrons. The Morgan fingerprint density at radius 2 is 0.932 bits per heavy atom. The van der Waals surface area contributed by atoms with Crippen LogP contribution >= 0.6 is 0 Å². The maximum atomic E-state index is 13.0. The second kappa shape index (κ2) is 51.5. The van der Waals surface area contributed by atoms with E-state index in [-0.39, 0.29) is 18.5 Å². The lowest BCUT2D eigenvalue weighted by Crippen LogP contribution is -2.60. The first-order valence-electron chi connectivity index (χ1n) is 30.1. The van der Waals surface area contributed by atoms with E-state index in [0.29, 0.717) is 19.4 Å². The number of carbonyl (C=O) groups excluding carboxylic acids is 2. The van der Waals surface area contributed by atoms with E-state index in [2.05, 4.69) is 67.8 Å². The van der Waals surface area contributed by atoms with E-state index in [0.717, 1.165) is 96.3 Å². The Morgan fingerprint density at radius 1 is 0.507 bits per heavy atom. The van der Waals surface area contributed by atoms with E-state index in [1.165, 1.54) is 135 Å². The van der Waals surface area contributed by atoms with E-state index in [4.69, 9.17) is 14.2 Å². The number of allylic oxidation sites excluding steroid dienone is 9. The van der Waals surface area contributed by atoms with Gasteiger partial charge < -0.3 is 45.1 Å². The summed E-state index contributed by atoms with van der Waals surface area (Å²) in [5.74, 6) is -0.232. The fourth-order valence-corrected chi connectivity index (χ4v) is 9.00. The van der Waals surface area contributed by atoms with Crippen LogP contribution in [0.3, 0.4) is 0 Å². The maximum Gasteiger partial charge on any atom is 0.305 e. The summed E-state index contributed by atoms with van der Waals surface area (Å²) in [7, 11) is 0. The predicted molar refractivity (Wildman–Crippen MR) is 301 cm³/mol. The molecule has 0 aliphatic carbocycles. The van der Waals surface area contributed by atoms with Gasteiger partial charge in [0.05, 0.1) is 32.0 Å². The molecule has 0 spiro atoms. The predicted octanol–water partition coefficient (Wildman–Crippen LogP) is 13.8. The Hall–Kier alpha value is -2.64. The Kier molecular flexibility index (Phi) is 48.2. The molecule has 11 nitrogen and oxygen atoms in total. The van der Waals surface area contributed by atoms with Crippen LogP contribution in [0.5, 0.6) is 0 Å². The van der Waals surface area contributed by atoms with Crippen LogP contribution in [0.25, 0.3) is 0 Å². The number of aliphatic hydroxyl groups excluding tert-OH is 5. The van der Waals surface area contributed by atoms with Gasteiger partial charge in [-0.1, -0.05) is 203 Å². The molecule has 424 valence electrons. The number of hydrogen-bond acceptors (Lipinski definition) is 10. The zero-order valence-electron chi connectivity index (χ0n) is 46.6. The molecule has 7 unspecified atom stereocenters. The van der Waals surface area contributed by atoms with Crippen LogP contribution in [0.4, 0.5) is 0 Å². The van der Waals surface area contributed by atoms with Gasteiger partial charge in [0.15, 0.2) is 6.29 Å². The number of amides is 1. The molecule has 6 N–H and O–H groups in total. The van der Waals surface area contributed by atoms with Crippen molar-refractivity contribution in [2.75, 3.05) is 19.8 Å². The summed E-state index contributed by atoms with van der Waals surface area (Å²) in [5, 5.41) is 54.1. The fraction of sp³-hybridized carbons (Fsp3) is 0.806. The maximum absolute atomic E-state index is 13.0. The number of aliphatic hydroxyl groups is 5. The number of esters is 1. The minimum atomic E-state index is -1.58. The van der Waals surface area contributed by atoms with Gasteiger partial charge in [-0.05, 0) is 103 Å². The molecule has 1 amide bonds. The molecule has 1 rings (SSSR count). The Balaban J connectivity index is 2.03. The highest BCUT2D eigenvalue weighted by molar-refractivity contribution is 5.76. The van der Waals surface area contributed by atoms with E-state index in [1.807, 2.05) is 6.08 Å². The molecule has 0 saturated carbocycles. The minimum absolute atomic E-state index is 0.0218. The first-order chi connectivity index (χ1) is 35.7. The summed E-state index contributed by atoms with van der Waals surface area (Å²) in [6, 6.07) is -0.838. The van der Waals surface area contributed by atoms with E-state index in [9.17, 15) is 35.1 Å². The summed E-state index contributed by atoms with van der Waals surface area (Å²) >= 11 is 0. The van der Waals surface area contributed by atoms with E-state index >= 15 is 0 Å². The van der Waals surface area contributed by atoms with Crippen molar-refractivity contribution in [3.63, 3.8) is 0 Å². The molecule has 0 aromatic carbocycles. The van der Waals surface area contributed by atoms with Crippen LogP contribution in [-0.2, 0) is 23.8 Å². The van der Waals surface area contributed by atoms with Crippen molar-refractivity contribution in [2.24, 2.45) is 0 Å².